The van der Waals surface area contributed by atoms with Crippen molar-refractivity contribution in [3.05, 3.63) is 11.6 Å². The van der Waals surface area contributed by atoms with Gasteiger partial charge in [0.25, 0.3) is 0 Å². The molecule has 13 nitrogen and oxygen atoms in total. The van der Waals surface area contributed by atoms with Gasteiger partial charge in [-0.15, -0.1) is 0 Å². The van der Waals surface area contributed by atoms with Crippen LogP contribution in [0.2, 0.25) is 0 Å². The predicted molar refractivity (Wildman–Crippen MR) is 171 cm³/mol. The summed E-state index contributed by atoms with van der Waals surface area (Å²) in [5.74, 6) is -3.45. The second kappa shape index (κ2) is 11.9. The fourth-order valence-electron chi connectivity index (χ4n) is 12.1. The lowest BCUT2D eigenvalue weighted by atomic mass is 9.33. The van der Waals surface area contributed by atoms with Crippen molar-refractivity contribution < 1.29 is 65.0 Å². The van der Waals surface area contributed by atoms with Crippen LogP contribution < -0.4 is 0 Å². The number of fused-ring (bicyclic) bond motifs is 7. The molecule has 0 aromatic carbocycles. The van der Waals surface area contributed by atoms with E-state index in [2.05, 4.69) is 19.9 Å². The van der Waals surface area contributed by atoms with Gasteiger partial charge in [-0.05, 0) is 84.9 Å². The van der Waals surface area contributed by atoms with Gasteiger partial charge in [0.2, 0.25) is 6.29 Å². The average molecular weight is 697 g/mol. The molecule has 278 valence electrons. The van der Waals surface area contributed by atoms with Crippen LogP contribution in [0.5, 0.6) is 0 Å². The number of rotatable bonds is 5. The third kappa shape index (κ3) is 4.76. The molecule has 4 saturated carbocycles. The van der Waals surface area contributed by atoms with Gasteiger partial charge < -0.3 is 55.4 Å². The van der Waals surface area contributed by atoms with Gasteiger partial charge in [0, 0.05) is 5.92 Å². The number of carboxylic acids is 1. The highest BCUT2D eigenvalue weighted by Gasteiger charge is 2.73. The van der Waals surface area contributed by atoms with Crippen LogP contribution in [0.15, 0.2) is 11.6 Å². The molecule has 5 fully saturated rings. The molecule has 0 spiro atoms. The zero-order chi connectivity index (χ0) is 36.3. The second-order valence-corrected chi connectivity index (χ2v) is 17.7. The summed E-state index contributed by atoms with van der Waals surface area (Å²) in [6.07, 6.45) is -6.49. The Kier molecular flexibility index (Phi) is 9.03. The van der Waals surface area contributed by atoms with Crippen LogP contribution in [0.4, 0.5) is 0 Å². The molecule has 5 aliphatic carbocycles. The maximum Gasteiger partial charge on any atom is 0.315 e. The Labute approximate surface area is 286 Å². The summed E-state index contributed by atoms with van der Waals surface area (Å²) in [7, 11) is 0. The minimum Gasteiger partial charge on any atom is -0.481 e. The molecule has 0 aromatic rings. The van der Waals surface area contributed by atoms with Gasteiger partial charge in [-0.25, -0.2) is 0 Å². The highest BCUT2D eigenvalue weighted by atomic mass is 16.7. The van der Waals surface area contributed by atoms with Crippen LogP contribution in [0, 0.1) is 50.2 Å². The van der Waals surface area contributed by atoms with Crippen LogP contribution in [0.3, 0.4) is 0 Å². The maximum atomic E-state index is 14.4. The number of aliphatic hydroxyl groups is 8. The second-order valence-electron chi connectivity index (χ2n) is 17.7. The number of ether oxygens (including phenoxy) is 2. The van der Waals surface area contributed by atoms with E-state index in [-0.39, 0.29) is 12.3 Å². The number of allylic oxidation sites excluding steroid dienone is 1. The number of carbonyl (C=O) groups is 2. The van der Waals surface area contributed by atoms with E-state index in [4.69, 9.17) is 9.47 Å². The van der Waals surface area contributed by atoms with Crippen molar-refractivity contribution in [3.63, 3.8) is 0 Å². The van der Waals surface area contributed by atoms with Gasteiger partial charge in [-0.2, -0.15) is 0 Å². The third-order valence-electron chi connectivity index (χ3n) is 15.4. The summed E-state index contributed by atoms with van der Waals surface area (Å²) >= 11 is 0. The topological polar surface area (TPSA) is 235 Å². The van der Waals surface area contributed by atoms with Gasteiger partial charge >= 0.3 is 11.9 Å². The molecule has 1 aliphatic heterocycles. The van der Waals surface area contributed by atoms with E-state index < -0.39 is 118 Å². The SMILES string of the molecule is CC1(C)CC[C@]2(C(=O)O[C@@H]3O[C@H](CO)[C@@H](O)[C@H](O)[C@H]3O)CC[C@]3(C)C(=CC[C@@H]4[C@@]5(C)C[C@@H](O)[C@H](O)[C@](CO)(C(=O)O)[C@@H]5CC[C@]43C)[C@@H]2[C@@H]1O. The first-order valence-corrected chi connectivity index (χ1v) is 17.8. The largest absolute Gasteiger partial charge is 0.481 e. The van der Waals surface area contributed by atoms with E-state index in [1.54, 1.807) is 0 Å². The Bertz CT molecular complexity index is 1370. The molecule has 49 heavy (non-hydrogen) atoms. The number of carboxylic acid groups (broad SMARTS) is 1. The van der Waals surface area contributed by atoms with Crippen molar-refractivity contribution in [1.82, 2.24) is 0 Å². The molecule has 1 heterocycles. The van der Waals surface area contributed by atoms with Crippen LogP contribution >= 0.6 is 0 Å². The third-order valence-corrected chi connectivity index (χ3v) is 15.4. The monoisotopic (exact) mass is 696 g/mol. The van der Waals surface area contributed by atoms with E-state index in [0.717, 1.165) is 5.57 Å². The lowest BCUT2D eigenvalue weighted by Gasteiger charge is -2.71. The Morgan fingerprint density at radius 1 is 0.857 bits per heavy atom. The highest BCUT2D eigenvalue weighted by Crippen LogP contribution is 2.76. The molecule has 6 aliphatic rings. The number of aliphatic carboxylic acids is 1. The predicted octanol–water partition coefficient (Wildman–Crippen LogP) is 0.471. The van der Waals surface area contributed by atoms with Crippen molar-refractivity contribution in [3.8, 4) is 0 Å². The fourth-order valence-corrected chi connectivity index (χ4v) is 12.1. The van der Waals surface area contributed by atoms with E-state index in [0.29, 0.717) is 44.9 Å². The van der Waals surface area contributed by atoms with Gasteiger partial charge in [-0.1, -0.05) is 46.3 Å². The van der Waals surface area contributed by atoms with Crippen molar-refractivity contribution >= 4 is 11.9 Å². The van der Waals surface area contributed by atoms with Gasteiger partial charge in [0.1, 0.15) is 29.8 Å². The summed E-state index contributed by atoms with van der Waals surface area (Å²) in [6.45, 7) is 8.77. The number of hydrogen-bond donors (Lipinski definition) is 9. The van der Waals surface area contributed by atoms with Gasteiger partial charge in [0.15, 0.2) is 0 Å². The summed E-state index contributed by atoms with van der Waals surface area (Å²) in [6, 6.07) is 0. The minimum absolute atomic E-state index is 0.151. The Morgan fingerprint density at radius 2 is 1.51 bits per heavy atom. The molecule has 0 radical (unpaired) electrons. The first-order chi connectivity index (χ1) is 22.7. The molecule has 16 atom stereocenters. The Hall–Kier alpha value is -1.68. The average Bonchev–Trinajstić information content (AvgIpc) is 3.04. The van der Waals surface area contributed by atoms with E-state index in [1.807, 2.05) is 20.8 Å². The molecular formula is C36H56O13. The quantitative estimate of drug-likeness (QED) is 0.141. The lowest BCUT2D eigenvalue weighted by Crippen LogP contribution is -2.71. The maximum absolute atomic E-state index is 14.4. The Balaban J connectivity index is 1.40. The van der Waals surface area contributed by atoms with E-state index >= 15 is 0 Å². The molecule has 0 bridgehead atoms. The van der Waals surface area contributed by atoms with Gasteiger partial charge in [-0.3, -0.25) is 9.59 Å². The fraction of sp³-hybridized carbons (Fsp3) is 0.889. The van der Waals surface area contributed by atoms with Crippen LogP contribution in [-0.4, -0.2) is 120 Å². The molecular weight excluding hydrogens is 640 g/mol. The van der Waals surface area contributed by atoms with Crippen molar-refractivity contribution in [2.75, 3.05) is 13.2 Å². The zero-order valence-corrected chi connectivity index (χ0v) is 29.2. The normalized spacial score (nSPS) is 53.6. The summed E-state index contributed by atoms with van der Waals surface area (Å²) < 4.78 is 11.4. The number of carbonyl (C=O) groups excluding carboxylic acids is 1. The summed E-state index contributed by atoms with van der Waals surface area (Å²) in [4.78, 5) is 27.2. The van der Waals surface area contributed by atoms with E-state index in [9.17, 15) is 55.5 Å². The van der Waals surface area contributed by atoms with Crippen LogP contribution in [0.1, 0.15) is 86.0 Å². The van der Waals surface area contributed by atoms with Gasteiger partial charge in [0.05, 0.1) is 36.9 Å². The van der Waals surface area contributed by atoms with Crippen molar-refractivity contribution in [2.24, 2.45) is 50.2 Å². The smallest absolute Gasteiger partial charge is 0.315 e. The van der Waals surface area contributed by atoms with Crippen molar-refractivity contribution in [2.45, 2.75) is 135 Å². The molecule has 0 amide bonds. The first-order valence-electron chi connectivity index (χ1n) is 17.8. The Morgan fingerprint density at radius 3 is 2.12 bits per heavy atom. The molecule has 0 aromatic heterocycles. The lowest BCUT2D eigenvalue weighted by molar-refractivity contribution is -0.298. The molecule has 9 N–H and O–H groups in total. The molecule has 6 rings (SSSR count). The van der Waals surface area contributed by atoms with Crippen LogP contribution in [0.25, 0.3) is 0 Å². The zero-order valence-electron chi connectivity index (χ0n) is 29.2. The molecule has 1 saturated heterocycles. The van der Waals surface area contributed by atoms with E-state index in [1.165, 1.54) is 0 Å². The molecule has 0 unspecified atom stereocenters. The standard InChI is InChI=1S/C36H56O13/c1-31(2)10-12-35(30(47)49-28-25(42)24(41)23(40)19(15-37)48-28)13-11-33(4)17(22(35)27(31)44)6-7-20-32(3)14-18(39)26(43)36(16-38,29(45)46)21(32)8-9-34(20,33)5/h6,18-28,37-44H,7-16H2,1-5H3,(H,45,46)/t18-,19-,20-,21-,22-,23-,24+,25-,26+,27+,28+,32-,33-,34-,35+,36-/m1/s1. The number of esters is 1. The first kappa shape index (κ1) is 37.1. The molecule has 13 heteroatoms. The van der Waals surface area contributed by atoms with Crippen molar-refractivity contribution in [1.29, 1.82) is 0 Å². The minimum atomic E-state index is -1.92. The highest BCUT2D eigenvalue weighted by molar-refractivity contribution is 5.79. The number of hydrogen-bond acceptors (Lipinski definition) is 12. The number of aliphatic hydroxyl groups excluding tert-OH is 8. The summed E-state index contributed by atoms with van der Waals surface area (Å²) in [5.41, 5.74) is -4.57. The van der Waals surface area contributed by atoms with Crippen LogP contribution in [-0.2, 0) is 19.1 Å². The summed E-state index contributed by atoms with van der Waals surface area (Å²) in [5, 5.41) is 96.3.